The third-order valence-corrected chi connectivity index (χ3v) is 3.30. The first kappa shape index (κ1) is 17.0. The number of nitrogens with two attached hydrogens (primary N) is 1. The summed E-state index contributed by atoms with van der Waals surface area (Å²) in [5.41, 5.74) is 6.70. The summed E-state index contributed by atoms with van der Waals surface area (Å²) < 4.78 is 0. The number of anilines is 1. The smallest absolute Gasteiger partial charge is 0.318 e. The second-order valence-electron chi connectivity index (χ2n) is 5.00. The average Bonchev–Trinajstić information content (AvgIpc) is 2.59. The summed E-state index contributed by atoms with van der Waals surface area (Å²) in [6.07, 6.45) is 0. The summed E-state index contributed by atoms with van der Waals surface area (Å²) in [6.45, 7) is 0. The number of hydrogen-bond donors (Lipinski definition) is 4. The van der Waals surface area contributed by atoms with E-state index in [9.17, 15) is 14.4 Å². The van der Waals surface area contributed by atoms with E-state index in [2.05, 4.69) is 16.0 Å². The van der Waals surface area contributed by atoms with Crippen LogP contribution in [0.2, 0.25) is 0 Å². The average molecular weight is 326 g/mol. The maximum Gasteiger partial charge on any atom is 0.318 e. The van der Waals surface area contributed by atoms with Crippen molar-refractivity contribution in [2.24, 2.45) is 5.73 Å². The molecular formula is C17H18N4O3. The quantitative estimate of drug-likeness (QED) is 0.665. The van der Waals surface area contributed by atoms with Gasteiger partial charge in [-0.15, -0.1) is 0 Å². The largest absolute Gasteiger partial charge is 0.370 e. The molecule has 2 aromatic rings. The highest BCUT2D eigenvalue weighted by molar-refractivity contribution is 5.98. The molecule has 24 heavy (non-hydrogen) atoms. The number of amides is 4. The maximum absolute atomic E-state index is 12.3. The molecule has 124 valence electrons. The lowest BCUT2D eigenvalue weighted by atomic mass is 10.1. The molecule has 4 amide bonds. The summed E-state index contributed by atoms with van der Waals surface area (Å²) in [5, 5.41) is 7.62. The van der Waals surface area contributed by atoms with Gasteiger partial charge in [-0.25, -0.2) is 4.79 Å². The minimum Gasteiger partial charge on any atom is -0.370 e. The Kier molecular flexibility index (Phi) is 5.51. The van der Waals surface area contributed by atoms with Crippen LogP contribution in [0.25, 0.3) is 0 Å². The Labute approximate surface area is 139 Å². The molecule has 0 aliphatic heterocycles. The molecule has 0 aliphatic rings. The van der Waals surface area contributed by atoms with E-state index in [-0.39, 0.29) is 5.91 Å². The van der Waals surface area contributed by atoms with E-state index in [0.29, 0.717) is 16.8 Å². The number of primary amides is 1. The van der Waals surface area contributed by atoms with E-state index in [4.69, 9.17) is 5.73 Å². The van der Waals surface area contributed by atoms with Crippen LogP contribution in [-0.2, 0) is 4.79 Å². The van der Waals surface area contributed by atoms with Crippen molar-refractivity contribution >= 4 is 23.5 Å². The summed E-state index contributed by atoms with van der Waals surface area (Å²) in [7, 11) is 1.54. The van der Waals surface area contributed by atoms with Gasteiger partial charge in [-0.2, -0.15) is 0 Å². The Morgan fingerprint density at radius 1 is 1.00 bits per heavy atom. The molecule has 0 saturated heterocycles. The van der Waals surface area contributed by atoms with E-state index in [1.54, 1.807) is 48.5 Å². The van der Waals surface area contributed by atoms with Crippen LogP contribution in [0.1, 0.15) is 22.0 Å². The van der Waals surface area contributed by atoms with Gasteiger partial charge in [-0.1, -0.05) is 36.4 Å². The molecule has 7 nitrogen and oxygen atoms in total. The topological polar surface area (TPSA) is 113 Å². The summed E-state index contributed by atoms with van der Waals surface area (Å²) >= 11 is 0. The summed E-state index contributed by atoms with van der Waals surface area (Å²) in [6, 6.07) is 13.8. The van der Waals surface area contributed by atoms with Crippen molar-refractivity contribution in [3.63, 3.8) is 0 Å². The van der Waals surface area contributed by atoms with Crippen LogP contribution in [0.15, 0.2) is 54.6 Å². The Hall–Kier alpha value is -3.35. The third kappa shape index (κ3) is 4.33. The van der Waals surface area contributed by atoms with Gasteiger partial charge in [0.25, 0.3) is 11.8 Å². The number of carbonyl (C=O) groups excluding carboxylic acids is 3. The predicted octanol–water partition coefficient (Wildman–Crippen LogP) is 1.39. The second-order valence-corrected chi connectivity index (χ2v) is 5.00. The number of rotatable bonds is 5. The Balaban J connectivity index is 2.30. The lowest BCUT2D eigenvalue weighted by Gasteiger charge is -2.19. The van der Waals surface area contributed by atoms with Gasteiger partial charge in [0.1, 0.15) is 6.04 Å². The molecule has 2 rings (SSSR count). The first-order chi connectivity index (χ1) is 11.5. The standard InChI is InChI=1S/C17H18N4O3/c1-19-15(22)12-8-5-9-13(10-12)20-14(16(23)21-17(18)24)11-6-3-2-4-7-11/h2-10,14,20H,1H3,(H,19,22)(H3,18,21,23,24)/t14-/m0/s1. The van der Waals surface area contributed by atoms with Gasteiger partial charge in [0.05, 0.1) is 0 Å². The van der Waals surface area contributed by atoms with E-state index in [0.717, 1.165) is 0 Å². The normalized spacial score (nSPS) is 11.2. The first-order valence-electron chi connectivity index (χ1n) is 7.25. The van der Waals surface area contributed by atoms with Crippen molar-refractivity contribution in [3.05, 3.63) is 65.7 Å². The van der Waals surface area contributed by atoms with Gasteiger partial charge < -0.3 is 16.4 Å². The van der Waals surface area contributed by atoms with Crippen molar-refractivity contribution in [2.75, 3.05) is 12.4 Å². The zero-order valence-electron chi connectivity index (χ0n) is 13.1. The van der Waals surface area contributed by atoms with Gasteiger partial charge in [0.2, 0.25) is 0 Å². The van der Waals surface area contributed by atoms with Crippen LogP contribution in [0.4, 0.5) is 10.5 Å². The molecule has 0 aliphatic carbocycles. The molecule has 0 radical (unpaired) electrons. The molecule has 5 N–H and O–H groups in total. The minimum absolute atomic E-state index is 0.239. The Morgan fingerprint density at radius 2 is 1.71 bits per heavy atom. The number of benzene rings is 2. The van der Waals surface area contributed by atoms with Crippen LogP contribution in [-0.4, -0.2) is 24.9 Å². The molecule has 0 fully saturated rings. The van der Waals surface area contributed by atoms with Gasteiger partial charge in [0, 0.05) is 18.3 Å². The van der Waals surface area contributed by atoms with Gasteiger partial charge >= 0.3 is 6.03 Å². The second kappa shape index (κ2) is 7.77. The van der Waals surface area contributed by atoms with E-state index in [1.165, 1.54) is 7.05 Å². The van der Waals surface area contributed by atoms with Gasteiger partial charge in [0.15, 0.2) is 0 Å². The van der Waals surface area contributed by atoms with Crippen LogP contribution in [0, 0.1) is 0 Å². The van der Waals surface area contributed by atoms with Crippen LogP contribution < -0.4 is 21.7 Å². The minimum atomic E-state index is -0.929. The van der Waals surface area contributed by atoms with E-state index in [1.807, 2.05) is 6.07 Å². The van der Waals surface area contributed by atoms with Crippen molar-refractivity contribution < 1.29 is 14.4 Å². The summed E-state index contributed by atoms with van der Waals surface area (Å²) in [4.78, 5) is 35.0. The summed E-state index contributed by atoms with van der Waals surface area (Å²) in [5.74, 6) is -0.824. The molecule has 0 spiro atoms. The number of hydrogen-bond acceptors (Lipinski definition) is 4. The van der Waals surface area contributed by atoms with Gasteiger partial charge in [-0.05, 0) is 23.8 Å². The molecule has 0 saturated carbocycles. The fourth-order valence-corrected chi connectivity index (χ4v) is 2.20. The fraction of sp³-hybridized carbons (Fsp3) is 0.118. The van der Waals surface area contributed by atoms with E-state index < -0.39 is 18.0 Å². The lowest BCUT2D eigenvalue weighted by molar-refractivity contribution is -0.120. The van der Waals surface area contributed by atoms with E-state index >= 15 is 0 Å². The van der Waals surface area contributed by atoms with Crippen LogP contribution in [0.3, 0.4) is 0 Å². The first-order valence-corrected chi connectivity index (χ1v) is 7.25. The van der Waals surface area contributed by atoms with Crippen molar-refractivity contribution in [3.8, 4) is 0 Å². The van der Waals surface area contributed by atoms with Crippen molar-refractivity contribution in [1.82, 2.24) is 10.6 Å². The highest BCUT2D eigenvalue weighted by Crippen LogP contribution is 2.21. The van der Waals surface area contributed by atoms with Gasteiger partial charge in [-0.3, -0.25) is 14.9 Å². The molecule has 1 atom stereocenters. The van der Waals surface area contributed by atoms with Crippen molar-refractivity contribution in [2.45, 2.75) is 6.04 Å². The Bertz CT molecular complexity index is 747. The number of carbonyl (C=O) groups is 3. The highest BCUT2D eigenvalue weighted by Gasteiger charge is 2.21. The molecule has 2 aromatic carbocycles. The number of urea groups is 1. The third-order valence-electron chi connectivity index (χ3n) is 3.30. The molecule has 0 bridgehead atoms. The number of nitrogens with one attached hydrogen (secondary N) is 3. The monoisotopic (exact) mass is 326 g/mol. The fourth-order valence-electron chi connectivity index (χ4n) is 2.20. The van der Waals surface area contributed by atoms with Crippen LogP contribution in [0.5, 0.6) is 0 Å². The van der Waals surface area contributed by atoms with Crippen LogP contribution >= 0.6 is 0 Å². The Morgan fingerprint density at radius 3 is 2.33 bits per heavy atom. The molecule has 0 unspecified atom stereocenters. The SMILES string of the molecule is CNC(=O)c1cccc(N[C@H](C(=O)NC(N)=O)c2ccccc2)c1. The molecule has 0 heterocycles. The predicted molar refractivity (Wildman–Crippen MR) is 90.4 cm³/mol. The van der Waals surface area contributed by atoms with Crippen molar-refractivity contribution in [1.29, 1.82) is 0 Å². The highest BCUT2D eigenvalue weighted by atomic mass is 16.2. The molecular weight excluding hydrogens is 308 g/mol. The zero-order chi connectivity index (χ0) is 17.5. The maximum atomic E-state index is 12.3. The lowest BCUT2D eigenvalue weighted by Crippen LogP contribution is -2.40. The number of imide groups is 1. The molecule has 0 aromatic heterocycles. The zero-order valence-corrected chi connectivity index (χ0v) is 13.1. The molecule has 7 heteroatoms.